The molecule has 0 rings (SSSR count). The third kappa shape index (κ3) is 8.24. The lowest BCUT2D eigenvalue weighted by Gasteiger charge is -2.29. The Bertz CT molecular complexity index is 364. The molecule has 0 heterocycles. The molecule has 0 aliphatic carbocycles. The van der Waals surface area contributed by atoms with Crippen molar-refractivity contribution in [3.63, 3.8) is 0 Å². The van der Waals surface area contributed by atoms with E-state index in [1.54, 1.807) is 0 Å². The van der Waals surface area contributed by atoms with Crippen molar-refractivity contribution in [2.24, 2.45) is 0 Å². The van der Waals surface area contributed by atoms with Crippen LogP contribution < -0.4 is 0 Å². The number of carbonyl (C=O) groups is 3. The first-order chi connectivity index (χ1) is 11.8. The van der Waals surface area contributed by atoms with Crippen LogP contribution in [0.2, 0.25) is 14.3 Å². The van der Waals surface area contributed by atoms with Gasteiger partial charge in [0.25, 0.3) is 17.9 Å². The Morgan fingerprint density at radius 2 is 0.880 bits per heavy atom. The molecule has 144 valence electrons. The number of unbranched alkanes of at least 4 members (excludes halogenated alkanes) is 3. The first kappa shape index (κ1) is 23.9. The largest absolute Gasteiger partial charge is 0.482 e. The second-order valence-corrected chi connectivity index (χ2v) is 10.4. The van der Waals surface area contributed by atoms with E-state index in [9.17, 15) is 29.7 Å². The van der Waals surface area contributed by atoms with Gasteiger partial charge in [0.05, 0.1) is 0 Å². The van der Waals surface area contributed by atoms with Gasteiger partial charge in [-0.2, -0.15) is 0 Å². The summed E-state index contributed by atoms with van der Waals surface area (Å²) >= 11 is -2.65. The molecule has 0 saturated heterocycles. The maximum Gasteiger partial charge on any atom is 0.321 e. The zero-order chi connectivity index (χ0) is 19.4. The van der Waals surface area contributed by atoms with Crippen LogP contribution >= 0.6 is 0 Å². The number of carboxylic acid groups (broad SMARTS) is 3. The van der Waals surface area contributed by atoms with E-state index in [1.807, 2.05) is 20.8 Å². The van der Waals surface area contributed by atoms with Crippen LogP contribution in [0.15, 0.2) is 0 Å². The zero-order valence-electron chi connectivity index (χ0n) is 15.7. The standard InChI is InChI=1S/3C6H11O2.Al/c3*1-2-3-4-5-6(7)8;/h3*5H,2-4H2,1H3,(H,7,8);. The molecule has 0 fully saturated rings. The highest BCUT2D eigenvalue weighted by Crippen LogP contribution is 2.40. The van der Waals surface area contributed by atoms with Gasteiger partial charge in [-0.15, -0.1) is 0 Å². The summed E-state index contributed by atoms with van der Waals surface area (Å²) in [5.74, 6) is -3.05. The summed E-state index contributed by atoms with van der Waals surface area (Å²) in [6, 6.07) is 0. The predicted octanol–water partition coefficient (Wildman–Crippen LogP) is 4.42. The second-order valence-electron chi connectivity index (χ2n) is 6.84. The van der Waals surface area contributed by atoms with Crippen molar-refractivity contribution >= 4 is 32.1 Å². The van der Waals surface area contributed by atoms with Crippen molar-refractivity contribution in [1.29, 1.82) is 0 Å². The van der Waals surface area contributed by atoms with E-state index in [2.05, 4.69) is 0 Å². The highest BCUT2D eigenvalue weighted by atomic mass is 27.2. The first-order valence-corrected chi connectivity index (χ1v) is 11.5. The second kappa shape index (κ2) is 13.2. The third-order valence-electron chi connectivity index (χ3n) is 4.95. The van der Waals surface area contributed by atoms with Gasteiger partial charge in [0.15, 0.2) is 0 Å². The summed E-state index contributed by atoms with van der Waals surface area (Å²) in [7, 11) is 0. The molecule has 0 aromatic carbocycles. The molecular weight excluding hydrogens is 339 g/mol. The van der Waals surface area contributed by atoms with Crippen molar-refractivity contribution in [3.8, 4) is 0 Å². The van der Waals surface area contributed by atoms with Gasteiger partial charge in [0, 0.05) is 14.3 Å². The molecule has 0 amide bonds. The highest BCUT2D eigenvalue weighted by molar-refractivity contribution is 6.73. The number of hydrogen-bond donors (Lipinski definition) is 3. The molecule has 0 aliphatic rings. The third-order valence-corrected chi connectivity index (χ3v) is 9.59. The lowest BCUT2D eigenvalue weighted by Crippen LogP contribution is -2.42. The van der Waals surface area contributed by atoms with Gasteiger partial charge in [0.2, 0.25) is 0 Å². The van der Waals surface area contributed by atoms with E-state index >= 15 is 0 Å². The van der Waals surface area contributed by atoms with Gasteiger partial charge >= 0.3 is 14.1 Å². The average Bonchev–Trinajstić information content (AvgIpc) is 2.54. The van der Waals surface area contributed by atoms with Gasteiger partial charge in [0.1, 0.15) is 0 Å². The van der Waals surface area contributed by atoms with Crippen molar-refractivity contribution in [3.05, 3.63) is 0 Å². The number of rotatable bonds is 15. The first-order valence-electron chi connectivity index (χ1n) is 9.50. The minimum atomic E-state index is -2.65. The summed E-state index contributed by atoms with van der Waals surface area (Å²) in [5, 5.41) is 29.2. The minimum absolute atomic E-state index is 0.383. The Labute approximate surface area is 155 Å². The highest BCUT2D eigenvalue weighted by Gasteiger charge is 2.50. The Balaban J connectivity index is 5.87. The number of hydrogen-bond acceptors (Lipinski definition) is 3. The monoisotopic (exact) mass is 372 g/mol. The van der Waals surface area contributed by atoms with Crippen LogP contribution in [0.3, 0.4) is 0 Å². The van der Waals surface area contributed by atoms with Gasteiger partial charge in [-0.25, -0.2) is 0 Å². The molecule has 25 heavy (non-hydrogen) atoms. The van der Waals surface area contributed by atoms with E-state index in [0.29, 0.717) is 38.5 Å². The normalized spacial score (nSPS) is 14.5. The van der Waals surface area contributed by atoms with Crippen LogP contribution in [0.5, 0.6) is 0 Å². The van der Waals surface area contributed by atoms with Gasteiger partial charge in [-0.1, -0.05) is 78.6 Å². The fourth-order valence-electron chi connectivity index (χ4n) is 3.56. The van der Waals surface area contributed by atoms with Crippen molar-refractivity contribution < 1.29 is 29.7 Å². The molecule has 0 spiro atoms. The van der Waals surface area contributed by atoms with Crippen molar-refractivity contribution in [2.45, 2.75) is 92.9 Å². The molecular formula is C18H33AlO6. The maximum atomic E-state index is 11.9. The smallest absolute Gasteiger partial charge is 0.321 e. The van der Waals surface area contributed by atoms with Crippen LogP contribution in [0, 0.1) is 0 Å². The maximum absolute atomic E-state index is 11.9. The molecule has 3 atom stereocenters. The van der Waals surface area contributed by atoms with Crippen molar-refractivity contribution in [1.82, 2.24) is 0 Å². The fourth-order valence-corrected chi connectivity index (χ4v) is 8.09. The predicted molar refractivity (Wildman–Crippen MR) is 98.5 cm³/mol. The summed E-state index contributed by atoms with van der Waals surface area (Å²) in [6.07, 6.45) is 5.62. The lowest BCUT2D eigenvalue weighted by molar-refractivity contribution is -0.137. The molecule has 3 unspecified atom stereocenters. The van der Waals surface area contributed by atoms with Crippen LogP contribution in [0.25, 0.3) is 0 Å². The van der Waals surface area contributed by atoms with E-state index < -0.39 is 46.4 Å². The molecule has 0 aromatic heterocycles. The van der Waals surface area contributed by atoms with Crippen LogP contribution in [0.4, 0.5) is 0 Å². The topological polar surface area (TPSA) is 112 Å². The molecule has 3 N–H and O–H groups in total. The molecule has 0 saturated carbocycles. The van der Waals surface area contributed by atoms with E-state index in [1.165, 1.54) is 0 Å². The summed E-state index contributed by atoms with van der Waals surface area (Å²) in [5.41, 5.74) is 0. The van der Waals surface area contributed by atoms with Gasteiger partial charge in [-0.3, -0.25) is 14.4 Å². The average molecular weight is 372 g/mol. The molecule has 7 heteroatoms. The molecule has 6 nitrogen and oxygen atoms in total. The van der Waals surface area contributed by atoms with Gasteiger partial charge < -0.3 is 15.3 Å². The molecule has 0 bridgehead atoms. The Morgan fingerprint density at radius 3 is 1.04 bits per heavy atom. The Kier molecular flexibility index (Phi) is 12.6. The van der Waals surface area contributed by atoms with Crippen LogP contribution in [0.1, 0.15) is 78.6 Å². The summed E-state index contributed by atoms with van der Waals surface area (Å²) in [4.78, 5) is 35.7. The quantitative estimate of drug-likeness (QED) is 0.367. The zero-order valence-corrected chi connectivity index (χ0v) is 16.9. The van der Waals surface area contributed by atoms with Gasteiger partial charge in [-0.05, 0) is 0 Å². The molecule has 0 aromatic rings. The lowest BCUT2D eigenvalue weighted by atomic mass is 10.2. The SMILES string of the molecule is CCCC[CH](C(=O)O)[Al]([CH](CCCC)C(=O)O)[CH](CCCC)C(=O)O. The summed E-state index contributed by atoms with van der Waals surface area (Å²) in [6.45, 7) is 5.85. The van der Waals surface area contributed by atoms with E-state index in [0.717, 1.165) is 19.3 Å². The fraction of sp³-hybridized carbons (Fsp3) is 0.833. The van der Waals surface area contributed by atoms with Crippen molar-refractivity contribution in [2.75, 3.05) is 0 Å². The van der Waals surface area contributed by atoms with Crippen LogP contribution in [-0.2, 0) is 14.4 Å². The molecule has 0 radical (unpaired) electrons. The number of aliphatic carboxylic acids is 3. The number of carboxylic acids is 3. The molecule has 0 aliphatic heterocycles. The van der Waals surface area contributed by atoms with E-state index in [4.69, 9.17) is 0 Å². The Hall–Kier alpha value is -1.06. The Morgan fingerprint density at radius 1 is 0.640 bits per heavy atom. The summed E-state index contributed by atoms with van der Waals surface area (Å²) < 4.78 is -2.39. The minimum Gasteiger partial charge on any atom is -0.482 e. The van der Waals surface area contributed by atoms with E-state index in [-0.39, 0.29) is 0 Å². The van der Waals surface area contributed by atoms with Crippen LogP contribution in [-0.4, -0.2) is 47.4 Å².